The third-order valence-corrected chi connectivity index (χ3v) is 30.5. The molecule has 1 unspecified atom stereocenters. The van der Waals surface area contributed by atoms with Crippen molar-refractivity contribution in [1.82, 2.24) is 0 Å². The average Bonchev–Trinajstić information content (AvgIpc) is 1.53. The largest absolute Gasteiger partial charge is 0.288 e. The van der Waals surface area contributed by atoms with Crippen molar-refractivity contribution in [1.29, 1.82) is 0 Å². The molecule has 6 aromatic carbocycles. The summed E-state index contributed by atoms with van der Waals surface area (Å²) >= 11 is 6.46. The van der Waals surface area contributed by atoms with E-state index in [1.807, 2.05) is 60.7 Å². The third kappa shape index (κ3) is 10.0. The Morgan fingerprint density at radius 2 is 0.746 bits per heavy atom. The molecule has 560 valence electrons. The van der Waals surface area contributed by atoms with Gasteiger partial charge in [-0.05, 0) is 264 Å². The van der Waals surface area contributed by atoms with Crippen molar-refractivity contribution in [2.75, 3.05) is 0 Å². The molecule has 20 rings (SSSR count). The predicted molar refractivity (Wildman–Crippen MR) is 434 cm³/mol. The molecule has 0 N–H and O–H groups in total. The van der Waals surface area contributed by atoms with E-state index in [1.165, 1.54) is 12.1 Å². The number of benzene rings is 6. The first-order valence-corrected chi connectivity index (χ1v) is 41.4. The van der Waals surface area contributed by atoms with Gasteiger partial charge in [0.2, 0.25) is 0 Å². The van der Waals surface area contributed by atoms with Crippen molar-refractivity contribution in [3.63, 3.8) is 0 Å². The molecule has 0 aliphatic heterocycles. The molecule has 0 radical (unpaired) electrons. The normalized spacial score (nSPS) is 19.9. The van der Waals surface area contributed by atoms with Crippen LogP contribution in [-0.2, 0) is 17.3 Å². The predicted octanol–water partition coefficient (Wildman–Crippen LogP) is 23.9. The number of carbonyl (C=O) groups is 8. The lowest BCUT2D eigenvalue weighted by Crippen LogP contribution is -2.24. The number of halogens is 6. The molecule has 10 aliphatic carbocycles. The van der Waals surface area contributed by atoms with E-state index in [0.29, 0.717) is 110 Å². The van der Waals surface area contributed by atoms with Gasteiger partial charge in [0, 0.05) is 111 Å². The van der Waals surface area contributed by atoms with Crippen LogP contribution < -0.4 is 0 Å². The fourth-order valence-corrected chi connectivity index (χ4v) is 25.0. The zero-order valence-electron chi connectivity index (χ0n) is 61.9. The van der Waals surface area contributed by atoms with Gasteiger partial charge < -0.3 is 0 Å². The van der Waals surface area contributed by atoms with E-state index in [4.69, 9.17) is 0 Å². The Bertz CT molecular complexity index is 6590. The quantitative estimate of drug-likeness (QED) is 0.0709. The Kier molecular flexibility index (Phi) is 16.1. The van der Waals surface area contributed by atoms with E-state index < -0.39 is 92.0 Å². The van der Waals surface area contributed by atoms with Crippen LogP contribution in [0.2, 0.25) is 0 Å². The molecular formula is C96H62F6O8S4. The lowest BCUT2D eigenvalue weighted by atomic mass is 9.72. The van der Waals surface area contributed by atoms with Crippen LogP contribution in [0.3, 0.4) is 0 Å². The van der Waals surface area contributed by atoms with E-state index in [-0.39, 0.29) is 77.9 Å². The summed E-state index contributed by atoms with van der Waals surface area (Å²) in [6.45, 7) is 13.6. The summed E-state index contributed by atoms with van der Waals surface area (Å²) < 4.78 is 90.0. The summed E-state index contributed by atoms with van der Waals surface area (Å²) in [6, 6.07) is 30.8. The van der Waals surface area contributed by atoms with Gasteiger partial charge in [-0.15, -0.1) is 45.3 Å². The first kappa shape index (κ1) is 71.7. The van der Waals surface area contributed by atoms with Crippen LogP contribution in [0, 0.1) is 41.8 Å². The van der Waals surface area contributed by atoms with Gasteiger partial charge in [0.1, 0.15) is 11.6 Å². The lowest BCUT2D eigenvalue weighted by molar-refractivity contribution is 0.0971. The molecule has 0 saturated heterocycles. The second-order valence-electron chi connectivity index (χ2n) is 31.2. The Labute approximate surface area is 666 Å². The number of hydrogen-bond donors (Lipinski definition) is 0. The zero-order chi connectivity index (χ0) is 79.0. The van der Waals surface area contributed by atoms with Crippen molar-refractivity contribution in [3.8, 4) is 19.5 Å². The number of thiophene rings is 4. The molecule has 8 nitrogen and oxygen atoms in total. The van der Waals surface area contributed by atoms with Crippen LogP contribution in [-0.4, -0.2) is 46.3 Å². The highest BCUT2D eigenvalue weighted by Crippen LogP contribution is 2.64. The van der Waals surface area contributed by atoms with E-state index in [9.17, 15) is 51.5 Å². The van der Waals surface area contributed by atoms with E-state index in [1.54, 1.807) is 59.2 Å². The molecule has 10 aromatic rings. The van der Waals surface area contributed by atoms with Crippen LogP contribution in [0.15, 0.2) is 180 Å². The molecule has 0 saturated carbocycles. The molecule has 0 fully saturated rings. The minimum Gasteiger partial charge on any atom is -0.288 e. The highest BCUT2D eigenvalue weighted by molar-refractivity contribution is 7.24. The lowest BCUT2D eigenvalue weighted by Gasteiger charge is -2.30. The maximum Gasteiger partial charge on any atom is 0.198 e. The van der Waals surface area contributed by atoms with Crippen molar-refractivity contribution in [3.05, 3.63) is 340 Å². The van der Waals surface area contributed by atoms with Gasteiger partial charge in [-0.1, -0.05) is 82.0 Å². The molecule has 10 aliphatic rings. The summed E-state index contributed by atoms with van der Waals surface area (Å²) in [4.78, 5) is 122. The van der Waals surface area contributed by atoms with Gasteiger partial charge in [0.05, 0.1) is 22.3 Å². The van der Waals surface area contributed by atoms with Gasteiger partial charge >= 0.3 is 0 Å². The number of ketones is 8. The number of carbonyl (C=O) groups excluding carboxylic acids is 8. The van der Waals surface area contributed by atoms with E-state index in [0.717, 1.165) is 137 Å². The smallest absolute Gasteiger partial charge is 0.198 e. The number of allylic oxidation sites excluding steroid dienone is 15. The number of Topliss-reactive ketones (excluding diaryl/α,β-unsaturated/α-hetero) is 8. The van der Waals surface area contributed by atoms with Crippen LogP contribution in [0.5, 0.6) is 0 Å². The monoisotopic (exact) mass is 1580 g/mol. The van der Waals surface area contributed by atoms with Crippen molar-refractivity contribution in [2.24, 2.45) is 0 Å². The Hall–Kier alpha value is -11.3. The Balaban J connectivity index is 0.690. The third-order valence-electron chi connectivity index (χ3n) is 25.4. The van der Waals surface area contributed by atoms with Gasteiger partial charge in [-0.2, -0.15) is 0 Å². The fourth-order valence-electron chi connectivity index (χ4n) is 19.5. The summed E-state index contributed by atoms with van der Waals surface area (Å²) in [6.07, 6.45) is 14.3. The number of aryl methyl sites for hydroxylation is 2. The van der Waals surface area contributed by atoms with Gasteiger partial charge in [0.15, 0.2) is 69.5 Å². The first-order chi connectivity index (χ1) is 54.8. The van der Waals surface area contributed by atoms with Crippen molar-refractivity contribution < 1.29 is 64.7 Å². The zero-order valence-corrected chi connectivity index (χ0v) is 65.2. The molecule has 18 heteroatoms. The first-order valence-electron chi connectivity index (χ1n) is 38.1. The average molecular weight is 1590 g/mol. The number of rotatable bonds is 11. The second-order valence-corrected chi connectivity index (χ2v) is 35.4. The topological polar surface area (TPSA) is 137 Å². The number of fused-ring (bicyclic) bond motifs is 12. The van der Waals surface area contributed by atoms with Gasteiger partial charge in [-0.3, -0.25) is 38.4 Å². The van der Waals surface area contributed by atoms with Crippen LogP contribution in [0.1, 0.15) is 255 Å². The highest BCUT2D eigenvalue weighted by Gasteiger charge is 2.50. The van der Waals surface area contributed by atoms with Crippen molar-refractivity contribution in [2.45, 2.75) is 116 Å². The molecule has 0 amide bonds. The molecule has 1 atom stereocenters. The number of hydrogen-bond acceptors (Lipinski definition) is 12. The molecule has 0 spiro atoms. The fraction of sp³-hybridized carbons (Fsp3) is 0.188. The van der Waals surface area contributed by atoms with Gasteiger partial charge in [-0.25, -0.2) is 26.3 Å². The van der Waals surface area contributed by atoms with E-state index >= 15 is 13.2 Å². The standard InChI is InChI=1S/C96H62F6O8S4/c1-7-95(8-2)65-39-77(53-29-55(49-19-11-10-18-48(49)53)81-87(107)61-33-71(99)72(100)34-62(61)88(81)108)113-91(65)92-66(95)40-78(114-92)54-30-56(82-89(109)63-35-73(101)74(102)36-64(63)90(82)110)52-25-43(20-21-50(52)54)22-23-96(9-3)67-37-75(44-14-12-16-46(26-44)79-83(103)57-24-42(6)69(97)31-59(57)85(79)105)111-93(67)94-68(96)38-76(112-94)45-15-13-17-47(27-45)80-84(104)58-28-51(41(4)5)70(98)32-60(58)86(80)106/h10-11,18-21,24-40H,4,7-9,12-17,22-23H2,1-3,5-6H3/b79-46+,80-47+. The van der Waals surface area contributed by atoms with Gasteiger partial charge in [0.25, 0.3) is 0 Å². The molecule has 4 aromatic heterocycles. The van der Waals surface area contributed by atoms with Crippen molar-refractivity contribution >= 4 is 131 Å². The SMILES string of the molecule is C=C(C)c1cc2c(cc1F)C(=O)/C(=C1/C=C(c3cc4c(s3)-c3sc(C5=C/C(=C6\C(=O)c7cc(C)c(F)cc7C6=O)CCC5)cc3C4(CC)CCc3ccc4c(c3)C(=C3C(=O)c5cc(F)c(F)cc5C3=O)C=C4c3cc4c(s3)-c3sc(C5=CC(=C6C(=O)c7cc(F)c(F)cc7C6=O)c6ccccc65)cc3C4(CC)CC)CCC1)C2=O. The van der Waals surface area contributed by atoms with Crippen LogP contribution in [0.25, 0.3) is 58.5 Å². The van der Waals surface area contributed by atoms with Crippen LogP contribution in [0.4, 0.5) is 26.3 Å². The molecular weight excluding hydrogens is 1520 g/mol. The Morgan fingerprint density at radius 1 is 0.377 bits per heavy atom. The maximum absolute atomic E-state index is 15.4. The second kappa shape index (κ2) is 25.6. The maximum atomic E-state index is 15.4. The minimum absolute atomic E-state index is 0.0310. The molecule has 4 heterocycles. The van der Waals surface area contributed by atoms with Crippen LogP contribution >= 0.6 is 45.3 Å². The molecule has 0 bridgehead atoms. The Morgan fingerprint density at radius 3 is 1.19 bits per heavy atom. The van der Waals surface area contributed by atoms with E-state index in [2.05, 4.69) is 57.7 Å². The molecule has 114 heavy (non-hydrogen) atoms. The summed E-state index contributed by atoms with van der Waals surface area (Å²) in [5, 5.41) is 0. The summed E-state index contributed by atoms with van der Waals surface area (Å²) in [5.74, 6) is -10.8. The summed E-state index contributed by atoms with van der Waals surface area (Å²) in [5.41, 5.74) is 12.5. The summed E-state index contributed by atoms with van der Waals surface area (Å²) in [7, 11) is 0. The minimum atomic E-state index is -1.26. The highest BCUT2D eigenvalue weighted by atomic mass is 32.1.